The number of hydrogen-bond donors (Lipinski definition) is 1. The van der Waals surface area contributed by atoms with Gasteiger partial charge in [-0.05, 0) is 48.5 Å². The van der Waals surface area contributed by atoms with Crippen LogP contribution >= 0.6 is 23.2 Å². The SMILES string of the molecule is CN1C[C@@H](c2ccccc2Cl)[C@H](C(=O)/C=C/c2ccccc2Cl)[C@@]12C(=O)Nc1ccccc12. The molecule has 0 bridgehead atoms. The molecule has 0 saturated carbocycles. The van der Waals surface area contributed by atoms with E-state index in [4.69, 9.17) is 23.2 Å². The predicted molar refractivity (Wildman–Crippen MR) is 133 cm³/mol. The number of fused-ring (bicyclic) bond motifs is 2. The van der Waals surface area contributed by atoms with Crippen LogP contribution in [-0.4, -0.2) is 30.2 Å². The average molecular weight is 477 g/mol. The minimum Gasteiger partial charge on any atom is -0.324 e. The second kappa shape index (κ2) is 8.45. The first kappa shape index (κ1) is 21.9. The zero-order valence-electron chi connectivity index (χ0n) is 18.0. The summed E-state index contributed by atoms with van der Waals surface area (Å²) < 4.78 is 0. The number of likely N-dealkylation sites (N-methyl/N-ethyl adjacent to an activating group) is 1. The molecule has 1 N–H and O–H groups in total. The minimum atomic E-state index is -1.12. The Labute approximate surface area is 202 Å². The Bertz CT molecular complexity index is 1290. The lowest BCUT2D eigenvalue weighted by molar-refractivity contribution is -0.133. The maximum Gasteiger partial charge on any atom is 0.250 e. The number of allylic oxidation sites excluding steroid dienone is 1. The summed E-state index contributed by atoms with van der Waals surface area (Å²) in [6.45, 7) is 0.516. The zero-order chi connectivity index (χ0) is 23.2. The highest BCUT2D eigenvalue weighted by Crippen LogP contribution is 2.55. The van der Waals surface area contributed by atoms with E-state index in [0.717, 1.165) is 22.4 Å². The molecule has 2 heterocycles. The molecule has 0 aliphatic carbocycles. The van der Waals surface area contributed by atoms with Gasteiger partial charge < -0.3 is 5.32 Å². The van der Waals surface area contributed by atoms with Crippen LogP contribution in [0, 0.1) is 5.92 Å². The summed E-state index contributed by atoms with van der Waals surface area (Å²) in [7, 11) is 1.90. The van der Waals surface area contributed by atoms with Gasteiger partial charge >= 0.3 is 0 Å². The van der Waals surface area contributed by atoms with E-state index in [1.54, 1.807) is 18.2 Å². The smallest absolute Gasteiger partial charge is 0.250 e. The van der Waals surface area contributed by atoms with Gasteiger partial charge in [0.05, 0.1) is 5.92 Å². The summed E-state index contributed by atoms with van der Waals surface area (Å²) in [5, 5.41) is 4.16. The van der Waals surface area contributed by atoms with Crippen molar-refractivity contribution in [2.45, 2.75) is 11.5 Å². The fraction of sp³-hybridized carbons (Fsp3) is 0.185. The van der Waals surface area contributed by atoms with Gasteiger partial charge in [0.2, 0.25) is 5.91 Å². The van der Waals surface area contributed by atoms with E-state index in [9.17, 15) is 9.59 Å². The topological polar surface area (TPSA) is 49.4 Å². The van der Waals surface area contributed by atoms with Crippen LogP contribution in [0.15, 0.2) is 78.9 Å². The standard InChI is InChI=1S/C27H22Cl2N2O2/c1-31-16-19(18-9-3-6-12-22(18)29)25(24(32)15-14-17-8-2-5-11-21(17)28)27(31)20-10-4-7-13-23(20)30-26(27)33/h2-15,19,25H,16H2,1H3,(H,30,33)/b15-14+/t19-,25+,27-/m0/s1. The molecule has 2 aliphatic rings. The van der Waals surface area contributed by atoms with Crippen LogP contribution in [0.5, 0.6) is 0 Å². The molecule has 33 heavy (non-hydrogen) atoms. The fourth-order valence-electron chi connectivity index (χ4n) is 5.37. The maximum absolute atomic E-state index is 13.9. The first-order valence-electron chi connectivity index (χ1n) is 10.8. The Hall–Kier alpha value is -2.92. The lowest BCUT2D eigenvalue weighted by atomic mass is 9.71. The molecule has 0 unspecified atom stereocenters. The number of likely N-dealkylation sites (tertiary alicyclic amines) is 1. The molecule has 1 saturated heterocycles. The summed E-state index contributed by atoms with van der Waals surface area (Å²) in [5.41, 5.74) is 2.05. The fourth-order valence-corrected chi connectivity index (χ4v) is 5.84. The molecule has 0 radical (unpaired) electrons. The Morgan fingerprint density at radius 3 is 2.42 bits per heavy atom. The van der Waals surface area contributed by atoms with Crippen molar-refractivity contribution in [3.8, 4) is 0 Å². The Kier molecular flexibility index (Phi) is 5.61. The van der Waals surface area contributed by atoms with Crippen molar-refractivity contribution in [3.63, 3.8) is 0 Å². The molecule has 1 fully saturated rings. The van der Waals surface area contributed by atoms with Gasteiger partial charge in [0.15, 0.2) is 5.78 Å². The number of anilines is 1. The molecule has 1 spiro atoms. The summed E-state index contributed by atoms with van der Waals surface area (Å²) in [4.78, 5) is 29.5. The minimum absolute atomic E-state index is 0.143. The molecule has 6 heteroatoms. The number of carbonyl (C=O) groups excluding carboxylic acids is 2. The van der Waals surface area contributed by atoms with Gasteiger partial charge in [0, 0.05) is 33.8 Å². The molecular formula is C27H22Cl2N2O2. The van der Waals surface area contributed by atoms with Crippen LogP contribution in [0.25, 0.3) is 6.08 Å². The van der Waals surface area contributed by atoms with Gasteiger partial charge in [0.1, 0.15) is 5.54 Å². The third-order valence-corrected chi connectivity index (χ3v) is 7.49. The van der Waals surface area contributed by atoms with E-state index in [1.807, 2.05) is 78.7 Å². The lowest BCUT2D eigenvalue weighted by Gasteiger charge is -2.35. The molecule has 3 aromatic carbocycles. The van der Waals surface area contributed by atoms with Crippen molar-refractivity contribution in [2.75, 3.05) is 18.9 Å². The third-order valence-electron chi connectivity index (χ3n) is 6.80. The quantitative estimate of drug-likeness (QED) is 0.486. The van der Waals surface area contributed by atoms with Crippen LogP contribution < -0.4 is 5.32 Å². The number of halogens is 2. The van der Waals surface area contributed by atoms with Crippen LogP contribution in [0.2, 0.25) is 10.0 Å². The van der Waals surface area contributed by atoms with Gasteiger partial charge in [-0.25, -0.2) is 0 Å². The summed E-state index contributed by atoms with van der Waals surface area (Å²) in [6.07, 6.45) is 3.27. The molecule has 4 nitrogen and oxygen atoms in total. The maximum atomic E-state index is 13.9. The van der Waals surface area contributed by atoms with Gasteiger partial charge in [-0.2, -0.15) is 0 Å². The number of amides is 1. The van der Waals surface area contributed by atoms with Crippen molar-refractivity contribution >= 4 is 46.7 Å². The lowest BCUT2D eigenvalue weighted by Crippen LogP contribution is -2.51. The van der Waals surface area contributed by atoms with Gasteiger partial charge in [-0.1, -0.05) is 77.8 Å². The molecule has 1 amide bonds. The van der Waals surface area contributed by atoms with E-state index in [-0.39, 0.29) is 17.6 Å². The normalized spacial score (nSPS) is 24.4. The first-order chi connectivity index (χ1) is 15.9. The Morgan fingerprint density at radius 1 is 1.00 bits per heavy atom. The summed E-state index contributed by atoms with van der Waals surface area (Å²) in [6, 6.07) is 22.5. The Balaban J connectivity index is 1.66. The largest absolute Gasteiger partial charge is 0.324 e. The van der Waals surface area contributed by atoms with E-state index in [1.165, 1.54) is 0 Å². The number of nitrogens with one attached hydrogen (secondary N) is 1. The molecule has 2 aliphatic heterocycles. The highest BCUT2D eigenvalue weighted by atomic mass is 35.5. The highest BCUT2D eigenvalue weighted by Gasteiger charge is 2.63. The molecule has 3 aromatic rings. The van der Waals surface area contributed by atoms with E-state index in [0.29, 0.717) is 16.6 Å². The van der Waals surface area contributed by atoms with Crippen molar-refractivity contribution in [1.82, 2.24) is 4.90 Å². The highest BCUT2D eigenvalue weighted by molar-refractivity contribution is 6.32. The van der Waals surface area contributed by atoms with Crippen molar-refractivity contribution in [2.24, 2.45) is 5.92 Å². The average Bonchev–Trinajstić information content (AvgIpc) is 3.28. The van der Waals surface area contributed by atoms with E-state index < -0.39 is 11.5 Å². The van der Waals surface area contributed by atoms with Crippen LogP contribution in [0.1, 0.15) is 22.6 Å². The van der Waals surface area contributed by atoms with Crippen molar-refractivity contribution < 1.29 is 9.59 Å². The monoisotopic (exact) mass is 476 g/mol. The van der Waals surface area contributed by atoms with E-state index >= 15 is 0 Å². The van der Waals surface area contributed by atoms with Gasteiger partial charge in [-0.15, -0.1) is 0 Å². The molecular weight excluding hydrogens is 455 g/mol. The molecule has 0 aromatic heterocycles. The first-order valence-corrected chi connectivity index (χ1v) is 11.5. The number of rotatable bonds is 4. The van der Waals surface area contributed by atoms with Crippen LogP contribution in [-0.2, 0) is 15.1 Å². The van der Waals surface area contributed by atoms with Crippen LogP contribution in [0.4, 0.5) is 5.69 Å². The van der Waals surface area contributed by atoms with Crippen molar-refractivity contribution in [1.29, 1.82) is 0 Å². The third kappa shape index (κ3) is 3.41. The number of benzene rings is 3. The number of hydrogen-bond acceptors (Lipinski definition) is 3. The second-order valence-electron chi connectivity index (χ2n) is 8.51. The Morgan fingerprint density at radius 2 is 1.67 bits per heavy atom. The number of para-hydroxylation sites is 1. The summed E-state index contributed by atoms with van der Waals surface area (Å²) in [5.74, 6) is -1.25. The number of ketones is 1. The summed E-state index contributed by atoms with van der Waals surface area (Å²) >= 11 is 12.9. The number of carbonyl (C=O) groups is 2. The molecule has 5 rings (SSSR count). The number of nitrogens with zero attached hydrogens (tertiary/aromatic N) is 1. The predicted octanol–water partition coefficient (Wildman–Crippen LogP) is 5.77. The molecule has 3 atom stereocenters. The zero-order valence-corrected chi connectivity index (χ0v) is 19.5. The van der Waals surface area contributed by atoms with Crippen molar-refractivity contribution in [3.05, 3.63) is 106 Å². The van der Waals surface area contributed by atoms with Gasteiger partial charge in [-0.3, -0.25) is 14.5 Å². The molecule has 166 valence electrons. The van der Waals surface area contributed by atoms with Crippen LogP contribution in [0.3, 0.4) is 0 Å². The van der Waals surface area contributed by atoms with Gasteiger partial charge in [0.25, 0.3) is 0 Å². The second-order valence-corrected chi connectivity index (χ2v) is 9.32. The van der Waals surface area contributed by atoms with E-state index in [2.05, 4.69) is 5.32 Å².